The number of carbonyl (C=O) groups excluding carboxylic acids is 1. The normalized spacial score (nSPS) is 25.1. The molecule has 0 aliphatic carbocycles. The summed E-state index contributed by atoms with van der Waals surface area (Å²) in [5.74, 6) is -0.212. The van der Waals surface area contributed by atoms with Crippen molar-refractivity contribution in [2.24, 2.45) is 0 Å². The molecule has 0 saturated carbocycles. The van der Waals surface area contributed by atoms with Gasteiger partial charge in [-0.05, 0) is 18.2 Å². The number of nitrogens with one attached hydrogen (secondary N) is 1. The molecule has 0 radical (unpaired) electrons. The first kappa shape index (κ1) is 17.4. The molecule has 2 heterocycles. The van der Waals surface area contributed by atoms with Gasteiger partial charge in [0.1, 0.15) is 12.0 Å². The van der Waals surface area contributed by atoms with Crippen LogP contribution in [-0.4, -0.2) is 24.6 Å². The highest BCUT2D eigenvalue weighted by atomic mass is 35.5. The Morgan fingerprint density at radius 2 is 1.88 bits per heavy atom. The summed E-state index contributed by atoms with van der Waals surface area (Å²) in [7, 11) is 0. The molecule has 134 valence electrons. The zero-order valence-corrected chi connectivity index (χ0v) is 15.0. The molecule has 4 rings (SSSR count). The van der Waals surface area contributed by atoms with E-state index in [4.69, 9.17) is 37.4 Å². The first-order valence-corrected chi connectivity index (χ1v) is 8.81. The van der Waals surface area contributed by atoms with Crippen molar-refractivity contribution in [3.63, 3.8) is 0 Å². The van der Waals surface area contributed by atoms with Gasteiger partial charge in [0.15, 0.2) is 18.5 Å². The van der Waals surface area contributed by atoms with Crippen molar-refractivity contribution in [2.75, 3.05) is 11.9 Å². The summed E-state index contributed by atoms with van der Waals surface area (Å²) in [5, 5.41) is 3.91. The van der Waals surface area contributed by atoms with Crippen LogP contribution < -0.4 is 5.32 Å². The predicted octanol–water partition coefficient (Wildman–Crippen LogP) is 4.33. The lowest BCUT2D eigenvalue weighted by molar-refractivity contribution is -0.253. The van der Waals surface area contributed by atoms with Gasteiger partial charge >= 0.3 is 0 Å². The lowest BCUT2D eigenvalue weighted by Crippen LogP contribution is -2.49. The Balaban J connectivity index is 1.52. The number of ketones is 1. The monoisotopic (exact) mass is 391 g/mol. The number of benzene rings is 2. The number of anilines is 1. The molecule has 26 heavy (non-hydrogen) atoms. The molecule has 0 unspecified atom stereocenters. The van der Waals surface area contributed by atoms with Crippen LogP contribution in [0, 0.1) is 0 Å². The Kier molecular flexibility index (Phi) is 4.87. The molecule has 5 nitrogen and oxygen atoms in total. The zero-order valence-electron chi connectivity index (χ0n) is 13.5. The molecule has 0 amide bonds. The SMILES string of the molecule is O=C1C(Nc2ccc(Cl)cc2Cl)=CO[C@@H]2CO[C@@H](c3ccccc3)O[C@@H]12. The van der Waals surface area contributed by atoms with Crippen LogP contribution in [0.25, 0.3) is 0 Å². The summed E-state index contributed by atoms with van der Waals surface area (Å²) in [4.78, 5) is 12.9. The average Bonchev–Trinajstić information content (AvgIpc) is 2.66. The van der Waals surface area contributed by atoms with Crippen LogP contribution in [0.1, 0.15) is 11.9 Å². The number of rotatable bonds is 3. The first-order valence-electron chi connectivity index (χ1n) is 8.06. The van der Waals surface area contributed by atoms with Crippen molar-refractivity contribution in [1.82, 2.24) is 0 Å². The fourth-order valence-electron chi connectivity index (χ4n) is 2.85. The molecule has 0 aromatic heterocycles. The molecule has 0 spiro atoms. The van der Waals surface area contributed by atoms with Crippen LogP contribution in [0.3, 0.4) is 0 Å². The number of Topliss-reactive ketones (excluding diaryl/α,β-unsaturated/α-hetero) is 1. The molecule has 1 N–H and O–H groups in total. The summed E-state index contributed by atoms with van der Waals surface area (Å²) >= 11 is 12.1. The minimum atomic E-state index is -0.757. The molecular formula is C19H15Cl2NO4. The van der Waals surface area contributed by atoms with Crippen LogP contribution in [0.15, 0.2) is 60.5 Å². The van der Waals surface area contributed by atoms with Gasteiger partial charge in [-0.3, -0.25) is 4.79 Å². The topological polar surface area (TPSA) is 56.8 Å². The van der Waals surface area contributed by atoms with Gasteiger partial charge < -0.3 is 19.5 Å². The average molecular weight is 392 g/mol. The predicted molar refractivity (Wildman–Crippen MR) is 98.1 cm³/mol. The minimum Gasteiger partial charge on any atom is -0.490 e. The Morgan fingerprint density at radius 1 is 1.08 bits per heavy atom. The Morgan fingerprint density at radius 3 is 2.65 bits per heavy atom. The third-order valence-corrected chi connectivity index (χ3v) is 4.72. The van der Waals surface area contributed by atoms with Crippen molar-refractivity contribution < 1.29 is 19.0 Å². The van der Waals surface area contributed by atoms with Crippen LogP contribution in [0.4, 0.5) is 5.69 Å². The molecular weight excluding hydrogens is 377 g/mol. The second-order valence-electron chi connectivity index (χ2n) is 5.95. The molecule has 2 aliphatic heterocycles. The third-order valence-electron chi connectivity index (χ3n) is 4.18. The summed E-state index contributed by atoms with van der Waals surface area (Å²) < 4.78 is 17.2. The highest BCUT2D eigenvalue weighted by molar-refractivity contribution is 6.36. The van der Waals surface area contributed by atoms with E-state index in [1.54, 1.807) is 18.2 Å². The van der Waals surface area contributed by atoms with Gasteiger partial charge in [-0.25, -0.2) is 0 Å². The van der Waals surface area contributed by atoms with Crippen molar-refractivity contribution in [2.45, 2.75) is 18.5 Å². The second kappa shape index (κ2) is 7.29. The van der Waals surface area contributed by atoms with Gasteiger partial charge in [-0.2, -0.15) is 0 Å². The fourth-order valence-corrected chi connectivity index (χ4v) is 3.31. The van der Waals surface area contributed by atoms with Crippen LogP contribution in [0.2, 0.25) is 10.0 Å². The van der Waals surface area contributed by atoms with E-state index in [0.29, 0.717) is 15.7 Å². The van der Waals surface area contributed by atoms with E-state index in [2.05, 4.69) is 5.32 Å². The maximum absolute atomic E-state index is 12.9. The minimum absolute atomic E-state index is 0.212. The molecule has 2 aromatic carbocycles. The van der Waals surface area contributed by atoms with E-state index in [-0.39, 0.29) is 18.1 Å². The van der Waals surface area contributed by atoms with E-state index < -0.39 is 18.5 Å². The lowest BCUT2D eigenvalue weighted by Gasteiger charge is -2.37. The highest BCUT2D eigenvalue weighted by Gasteiger charge is 2.42. The number of hydrogen-bond acceptors (Lipinski definition) is 5. The van der Waals surface area contributed by atoms with Gasteiger partial charge in [0.05, 0.1) is 17.3 Å². The van der Waals surface area contributed by atoms with Crippen LogP contribution in [-0.2, 0) is 19.0 Å². The Labute approximate surface area is 160 Å². The van der Waals surface area contributed by atoms with E-state index in [0.717, 1.165) is 5.56 Å². The van der Waals surface area contributed by atoms with E-state index >= 15 is 0 Å². The number of carbonyl (C=O) groups is 1. The summed E-state index contributed by atoms with van der Waals surface area (Å²) in [6.07, 6.45) is -0.464. The van der Waals surface area contributed by atoms with Crippen molar-refractivity contribution in [3.8, 4) is 0 Å². The summed E-state index contributed by atoms with van der Waals surface area (Å²) in [6, 6.07) is 14.4. The molecule has 2 aromatic rings. The number of ether oxygens (including phenoxy) is 3. The van der Waals surface area contributed by atoms with Crippen molar-refractivity contribution in [1.29, 1.82) is 0 Å². The molecule has 3 atom stereocenters. The second-order valence-corrected chi connectivity index (χ2v) is 6.80. The maximum atomic E-state index is 12.9. The van der Waals surface area contributed by atoms with E-state index in [1.165, 1.54) is 6.26 Å². The quantitative estimate of drug-likeness (QED) is 0.843. The number of halogens is 2. The standard InChI is InChI=1S/C19H15Cl2NO4/c20-12-6-7-14(13(21)8-12)22-15-9-24-16-10-25-19(26-18(16)17(15)23)11-4-2-1-3-5-11/h1-9,16,18-19,22H,10H2/t16-,18-,19-/m1/s1. The van der Waals surface area contributed by atoms with Gasteiger partial charge in [0.25, 0.3) is 0 Å². The Bertz CT molecular complexity index is 856. The highest BCUT2D eigenvalue weighted by Crippen LogP contribution is 2.33. The molecule has 1 saturated heterocycles. The van der Waals surface area contributed by atoms with Crippen molar-refractivity contribution >= 4 is 34.7 Å². The fraction of sp³-hybridized carbons (Fsp3) is 0.211. The Hall–Kier alpha value is -2.05. The van der Waals surface area contributed by atoms with Gasteiger partial charge in [-0.1, -0.05) is 53.5 Å². The summed E-state index contributed by atoms with van der Waals surface area (Å²) in [5.41, 5.74) is 1.68. The van der Waals surface area contributed by atoms with Crippen LogP contribution >= 0.6 is 23.2 Å². The lowest BCUT2D eigenvalue weighted by atomic mass is 10.0. The van der Waals surface area contributed by atoms with E-state index in [9.17, 15) is 4.79 Å². The van der Waals surface area contributed by atoms with Gasteiger partial charge in [-0.15, -0.1) is 0 Å². The smallest absolute Gasteiger partial charge is 0.214 e. The number of hydrogen-bond donors (Lipinski definition) is 1. The summed E-state index contributed by atoms with van der Waals surface area (Å²) in [6.45, 7) is 0.265. The molecule has 0 bridgehead atoms. The van der Waals surface area contributed by atoms with Crippen LogP contribution in [0.5, 0.6) is 0 Å². The number of fused-ring (bicyclic) bond motifs is 1. The van der Waals surface area contributed by atoms with Crippen molar-refractivity contribution in [3.05, 3.63) is 76.1 Å². The zero-order chi connectivity index (χ0) is 18.1. The van der Waals surface area contributed by atoms with Gasteiger partial charge in [0.2, 0.25) is 5.78 Å². The molecule has 1 fully saturated rings. The van der Waals surface area contributed by atoms with E-state index in [1.807, 2.05) is 30.3 Å². The first-order chi connectivity index (χ1) is 12.6. The third kappa shape index (κ3) is 3.44. The molecule has 7 heteroatoms. The largest absolute Gasteiger partial charge is 0.490 e. The maximum Gasteiger partial charge on any atom is 0.214 e. The molecule has 2 aliphatic rings. The van der Waals surface area contributed by atoms with Gasteiger partial charge in [0, 0.05) is 10.6 Å².